The summed E-state index contributed by atoms with van der Waals surface area (Å²) >= 11 is 1.42. The van der Waals surface area contributed by atoms with Gasteiger partial charge in [-0.05, 0) is 60.7 Å². The molecule has 0 aliphatic rings. The van der Waals surface area contributed by atoms with Gasteiger partial charge in [-0.1, -0.05) is 18.2 Å². The number of rotatable bonds is 3. The van der Waals surface area contributed by atoms with Crippen LogP contribution in [0.3, 0.4) is 0 Å². The van der Waals surface area contributed by atoms with Crippen molar-refractivity contribution in [2.75, 3.05) is 5.32 Å². The second-order valence-corrected chi connectivity index (χ2v) is 6.85. The van der Waals surface area contributed by atoms with Crippen LogP contribution in [0, 0.1) is 13.8 Å². The summed E-state index contributed by atoms with van der Waals surface area (Å²) in [6, 6.07) is 15.3. The number of thiophene rings is 1. The maximum atomic E-state index is 12.3. The highest BCUT2D eigenvalue weighted by Crippen LogP contribution is 2.31. The molecule has 124 valence electrons. The number of aromatic nitrogens is 1. The van der Waals surface area contributed by atoms with Crippen LogP contribution in [0.5, 0.6) is 0 Å². The van der Waals surface area contributed by atoms with Gasteiger partial charge in [-0.25, -0.2) is 4.98 Å². The van der Waals surface area contributed by atoms with E-state index in [-0.39, 0.29) is 5.91 Å². The van der Waals surface area contributed by atoms with Gasteiger partial charge < -0.3 is 9.73 Å². The van der Waals surface area contributed by atoms with E-state index in [0.717, 1.165) is 33.5 Å². The Kier molecular flexibility index (Phi) is 3.86. The number of aryl methyl sites for hydroxylation is 1. The summed E-state index contributed by atoms with van der Waals surface area (Å²) in [7, 11) is 0. The number of carbonyl (C=O) groups is 1. The Hall–Kier alpha value is -2.92. The third kappa shape index (κ3) is 2.94. The zero-order valence-electron chi connectivity index (χ0n) is 13.9. The summed E-state index contributed by atoms with van der Waals surface area (Å²) in [5.74, 6) is 0.453. The smallest absolute Gasteiger partial charge is 0.265 e. The zero-order valence-corrected chi connectivity index (χ0v) is 14.7. The van der Waals surface area contributed by atoms with Crippen LogP contribution in [0.4, 0.5) is 5.69 Å². The summed E-state index contributed by atoms with van der Waals surface area (Å²) in [4.78, 5) is 17.6. The second kappa shape index (κ2) is 6.18. The summed E-state index contributed by atoms with van der Waals surface area (Å²) in [5, 5.41) is 4.86. The first-order chi connectivity index (χ1) is 12.1. The fourth-order valence-corrected chi connectivity index (χ4v) is 3.36. The molecule has 4 nitrogen and oxygen atoms in total. The van der Waals surface area contributed by atoms with Gasteiger partial charge in [0.25, 0.3) is 5.91 Å². The standard InChI is InChI=1S/C20H16N2O2S/c1-12-8-9-16-17(11-12)24-20(22-16)14-5-3-6-15(13(14)2)21-19(23)18-7-4-10-25-18/h3-11H,1-2H3,(H,21,23). The second-order valence-electron chi connectivity index (χ2n) is 5.90. The molecular weight excluding hydrogens is 332 g/mol. The van der Waals surface area contributed by atoms with Crippen LogP contribution in [0.1, 0.15) is 20.8 Å². The van der Waals surface area contributed by atoms with E-state index >= 15 is 0 Å². The van der Waals surface area contributed by atoms with E-state index in [0.29, 0.717) is 10.8 Å². The third-order valence-corrected chi connectivity index (χ3v) is 4.97. The number of hydrogen-bond acceptors (Lipinski definition) is 4. The van der Waals surface area contributed by atoms with Crippen LogP contribution in [0.15, 0.2) is 58.3 Å². The number of nitrogens with zero attached hydrogens (tertiary/aromatic N) is 1. The molecule has 1 amide bonds. The maximum absolute atomic E-state index is 12.3. The lowest BCUT2D eigenvalue weighted by Crippen LogP contribution is -2.11. The number of nitrogens with one attached hydrogen (secondary N) is 1. The molecule has 0 atom stereocenters. The van der Waals surface area contributed by atoms with Crippen molar-refractivity contribution in [2.45, 2.75) is 13.8 Å². The minimum atomic E-state index is -0.108. The van der Waals surface area contributed by atoms with Crippen molar-refractivity contribution in [3.8, 4) is 11.5 Å². The quantitative estimate of drug-likeness (QED) is 0.537. The van der Waals surface area contributed by atoms with Gasteiger partial charge >= 0.3 is 0 Å². The number of oxazole rings is 1. The number of hydrogen-bond donors (Lipinski definition) is 1. The lowest BCUT2D eigenvalue weighted by atomic mass is 10.1. The van der Waals surface area contributed by atoms with Gasteiger partial charge in [0.2, 0.25) is 5.89 Å². The number of benzene rings is 2. The highest BCUT2D eigenvalue weighted by atomic mass is 32.1. The third-order valence-electron chi connectivity index (χ3n) is 4.10. The molecule has 0 unspecified atom stereocenters. The van der Waals surface area contributed by atoms with E-state index in [1.165, 1.54) is 11.3 Å². The molecule has 0 fully saturated rings. The van der Waals surface area contributed by atoms with Gasteiger partial charge in [0, 0.05) is 11.3 Å². The van der Waals surface area contributed by atoms with E-state index in [1.54, 1.807) is 0 Å². The molecule has 2 aromatic heterocycles. The number of fused-ring (bicyclic) bond motifs is 1. The molecule has 1 N–H and O–H groups in total. The molecule has 0 aliphatic carbocycles. The van der Waals surface area contributed by atoms with Crippen molar-refractivity contribution in [1.29, 1.82) is 0 Å². The minimum absolute atomic E-state index is 0.108. The number of anilines is 1. The number of amides is 1. The fraction of sp³-hybridized carbons (Fsp3) is 0.100. The van der Waals surface area contributed by atoms with Crippen molar-refractivity contribution >= 4 is 34.0 Å². The van der Waals surface area contributed by atoms with Gasteiger partial charge in [-0.2, -0.15) is 0 Å². The highest BCUT2D eigenvalue weighted by Gasteiger charge is 2.15. The van der Waals surface area contributed by atoms with Crippen molar-refractivity contribution in [3.05, 3.63) is 69.9 Å². The van der Waals surface area contributed by atoms with Crippen LogP contribution in [-0.2, 0) is 0 Å². The van der Waals surface area contributed by atoms with E-state index in [4.69, 9.17) is 4.42 Å². The Morgan fingerprint density at radius 2 is 2.00 bits per heavy atom. The van der Waals surface area contributed by atoms with Gasteiger partial charge in [0.05, 0.1) is 4.88 Å². The predicted octanol–water partition coefficient (Wildman–Crippen LogP) is 5.43. The zero-order chi connectivity index (χ0) is 17.4. The summed E-state index contributed by atoms with van der Waals surface area (Å²) < 4.78 is 5.93. The first kappa shape index (κ1) is 15.6. The van der Waals surface area contributed by atoms with Crippen molar-refractivity contribution in [2.24, 2.45) is 0 Å². The Morgan fingerprint density at radius 1 is 1.12 bits per heavy atom. The Morgan fingerprint density at radius 3 is 2.80 bits per heavy atom. The first-order valence-corrected chi connectivity index (χ1v) is 8.82. The van der Waals surface area contributed by atoms with E-state index in [2.05, 4.69) is 10.3 Å². The van der Waals surface area contributed by atoms with Crippen LogP contribution in [-0.4, -0.2) is 10.9 Å². The van der Waals surface area contributed by atoms with Crippen LogP contribution in [0.25, 0.3) is 22.6 Å². The molecule has 2 aromatic carbocycles. The molecule has 0 bridgehead atoms. The van der Waals surface area contributed by atoms with E-state index in [1.807, 2.05) is 67.8 Å². The molecule has 0 saturated carbocycles. The van der Waals surface area contributed by atoms with Crippen molar-refractivity contribution in [1.82, 2.24) is 4.98 Å². The van der Waals surface area contributed by atoms with E-state index < -0.39 is 0 Å². The van der Waals surface area contributed by atoms with Crippen LogP contribution < -0.4 is 5.32 Å². The largest absolute Gasteiger partial charge is 0.436 e. The predicted molar refractivity (Wildman–Crippen MR) is 101 cm³/mol. The normalized spacial score (nSPS) is 11.0. The Balaban J connectivity index is 1.71. The minimum Gasteiger partial charge on any atom is -0.436 e. The Labute approximate surface area is 149 Å². The summed E-state index contributed by atoms with van der Waals surface area (Å²) in [6.45, 7) is 3.98. The average Bonchev–Trinajstić information content (AvgIpc) is 3.25. The van der Waals surface area contributed by atoms with Crippen molar-refractivity contribution in [3.63, 3.8) is 0 Å². The summed E-state index contributed by atoms with van der Waals surface area (Å²) in [6.07, 6.45) is 0. The lowest BCUT2D eigenvalue weighted by molar-refractivity contribution is 0.103. The Bertz CT molecular complexity index is 1060. The van der Waals surface area contributed by atoms with Gasteiger partial charge in [0.15, 0.2) is 5.58 Å². The topological polar surface area (TPSA) is 55.1 Å². The summed E-state index contributed by atoms with van der Waals surface area (Å²) in [5.41, 5.74) is 5.28. The molecule has 2 heterocycles. The monoisotopic (exact) mass is 348 g/mol. The molecule has 4 rings (SSSR count). The van der Waals surface area contributed by atoms with E-state index in [9.17, 15) is 4.79 Å². The molecule has 0 aliphatic heterocycles. The highest BCUT2D eigenvalue weighted by molar-refractivity contribution is 7.12. The lowest BCUT2D eigenvalue weighted by Gasteiger charge is -2.10. The molecule has 25 heavy (non-hydrogen) atoms. The van der Waals surface area contributed by atoms with Crippen LogP contribution in [0.2, 0.25) is 0 Å². The van der Waals surface area contributed by atoms with Crippen LogP contribution >= 0.6 is 11.3 Å². The molecule has 5 heteroatoms. The maximum Gasteiger partial charge on any atom is 0.265 e. The fourth-order valence-electron chi connectivity index (χ4n) is 2.74. The average molecular weight is 348 g/mol. The SMILES string of the molecule is Cc1ccc2nc(-c3cccc(NC(=O)c4cccs4)c3C)oc2c1. The van der Waals surface area contributed by atoms with Gasteiger partial charge in [-0.3, -0.25) is 4.79 Å². The molecule has 4 aromatic rings. The molecular formula is C20H16N2O2S. The first-order valence-electron chi connectivity index (χ1n) is 7.94. The molecule has 0 radical (unpaired) electrons. The number of carbonyl (C=O) groups excluding carboxylic acids is 1. The molecule has 0 saturated heterocycles. The molecule has 0 spiro atoms. The van der Waals surface area contributed by atoms with Crippen molar-refractivity contribution < 1.29 is 9.21 Å². The van der Waals surface area contributed by atoms with Gasteiger partial charge in [0.1, 0.15) is 5.52 Å². The van der Waals surface area contributed by atoms with Gasteiger partial charge in [-0.15, -0.1) is 11.3 Å².